The highest BCUT2D eigenvalue weighted by Crippen LogP contribution is 2.26. The molecule has 0 radical (unpaired) electrons. The van der Waals surface area contributed by atoms with E-state index >= 15 is 0 Å². The molecule has 2 N–H and O–H groups in total. The fourth-order valence-corrected chi connectivity index (χ4v) is 1.93. The first-order valence-electron chi connectivity index (χ1n) is 7.40. The number of amides is 2. The van der Waals surface area contributed by atoms with Crippen LogP contribution in [0.1, 0.15) is 17.3 Å². The van der Waals surface area contributed by atoms with Crippen molar-refractivity contribution in [2.24, 2.45) is 0 Å². The molecule has 0 saturated heterocycles. The maximum atomic E-state index is 13.5. The zero-order valence-corrected chi connectivity index (χ0v) is 13.3. The molecule has 2 rings (SSSR count). The van der Waals surface area contributed by atoms with E-state index < -0.39 is 35.6 Å². The van der Waals surface area contributed by atoms with Crippen molar-refractivity contribution in [1.82, 2.24) is 10.9 Å². The van der Waals surface area contributed by atoms with E-state index in [2.05, 4.69) is 0 Å². The van der Waals surface area contributed by atoms with E-state index in [1.165, 1.54) is 0 Å². The van der Waals surface area contributed by atoms with Crippen LogP contribution in [0.4, 0.5) is 8.78 Å². The molecule has 0 spiro atoms. The van der Waals surface area contributed by atoms with E-state index in [9.17, 15) is 18.4 Å². The van der Waals surface area contributed by atoms with Crippen LogP contribution in [0.5, 0.6) is 11.5 Å². The van der Waals surface area contributed by atoms with Gasteiger partial charge in [0.15, 0.2) is 18.1 Å². The lowest BCUT2D eigenvalue weighted by molar-refractivity contribution is -0.123. The number of para-hydroxylation sites is 2. The highest BCUT2D eigenvalue weighted by molar-refractivity contribution is 5.95. The number of nitrogens with one attached hydrogen (secondary N) is 2. The molecule has 2 amide bonds. The summed E-state index contributed by atoms with van der Waals surface area (Å²) in [5.74, 6) is -3.07. The first-order chi connectivity index (χ1) is 12.0. The van der Waals surface area contributed by atoms with Gasteiger partial charge in [0.25, 0.3) is 11.8 Å². The van der Waals surface area contributed by atoms with E-state index in [-0.39, 0.29) is 0 Å². The van der Waals surface area contributed by atoms with Gasteiger partial charge in [-0.3, -0.25) is 20.4 Å². The molecular formula is C17H16F2N2O4. The number of rotatable bonds is 6. The largest absolute Gasteiger partial charge is 0.490 e. The van der Waals surface area contributed by atoms with Gasteiger partial charge in [-0.15, -0.1) is 0 Å². The molecule has 0 aliphatic rings. The van der Waals surface area contributed by atoms with Crippen LogP contribution in [0.2, 0.25) is 0 Å². The summed E-state index contributed by atoms with van der Waals surface area (Å²) in [6.07, 6.45) is 0. The molecule has 0 aliphatic heterocycles. The lowest BCUT2D eigenvalue weighted by Crippen LogP contribution is -2.44. The van der Waals surface area contributed by atoms with E-state index in [4.69, 9.17) is 9.47 Å². The van der Waals surface area contributed by atoms with Crippen LogP contribution in [0.25, 0.3) is 0 Å². The van der Waals surface area contributed by atoms with Crippen LogP contribution in [0, 0.1) is 11.6 Å². The summed E-state index contributed by atoms with van der Waals surface area (Å²) in [7, 11) is 0. The Balaban J connectivity index is 1.88. The maximum absolute atomic E-state index is 13.5. The average Bonchev–Trinajstić information content (AvgIpc) is 2.59. The van der Waals surface area contributed by atoms with Gasteiger partial charge in [-0.2, -0.15) is 0 Å². The minimum absolute atomic E-state index is 0.353. The van der Waals surface area contributed by atoms with Crippen LogP contribution < -0.4 is 20.3 Å². The Labute approximate surface area is 142 Å². The van der Waals surface area contributed by atoms with Crippen LogP contribution in [0.3, 0.4) is 0 Å². The molecule has 0 bridgehead atoms. The predicted molar refractivity (Wildman–Crippen MR) is 85.1 cm³/mol. The number of ether oxygens (including phenoxy) is 2. The third-order valence-electron chi connectivity index (χ3n) is 3.01. The first-order valence-corrected chi connectivity index (χ1v) is 7.40. The summed E-state index contributed by atoms with van der Waals surface area (Å²) in [6, 6.07) is 9.76. The van der Waals surface area contributed by atoms with Gasteiger partial charge in [0.2, 0.25) is 0 Å². The van der Waals surface area contributed by atoms with E-state index in [0.29, 0.717) is 18.1 Å². The molecular weight excluding hydrogens is 334 g/mol. The van der Waals surface area contributed by atoms with Gasteiger partial charge in [-0.05, 0) is 31.2 Å². The Morgan fingerprint density at radius 3 is 2.12 bits per heavy atom. The maximum Gasteiger partial charge on any atom is 0.276 e. The normalized spacial score (nSPS) is 10.0. The third kappa shape index (κ3) is 4.90. The Hall–Kier alpha value is -3.16. The summed E-state index contributed by atoms with van der Waals surface area (Å²) in [5.41, 5.74) is 3.16. The van der Waals surface area contributed by atoms with E-state index in [1.54, 1.807) is 31.2 Å². The van der Waals surface area contributed by atoms with Gasteiger partial charge < -0.3 is 9.47 Å². The number of carbonyl (C=O) groups is 2. The third-order valence-corrected chi connectivity index (χ3v) is 3.01. The molecule has 6 nitrogen and oxygen atoms in total. The summed E-state index contributed by atoms with van der Waals surface area (Å²) in [5, 5.41) is 0. The fourth-order valence-electron chi connectivity index (χ4n) is 1.93. The number of hydrogen-bond acceptors (Lipinski definition) is 4. The molecule has 2 aromatic rings. The highest BCUT2D eigenvalue weighted by Gasteiger charge is 2.17. The molecule has 0 unspecified atom stereocenters. The minimum Gasteiger partial charge on any atom is -0.490 e. The van der Waals surface area contributed by atoms with Crippen molar-refractivity contribution in [3.8, 4) is 11.5 Å². The molecule has 0 aromatic heterocycles. The number of hydrazine groups is 1. The van der Waals surface area contributed by atoms with E-state index in [1.807, 2.05) is 10.9 Å². The molecule has 0 heterocycles. The van der Waals surface area contributed by atoms with Crippen LogP contribution in [0.15, 0.2) is 42.5 Å². The molecule has 2 aromatic carbocycles. The van der Waals surface area contributed by atoms with Crippen molar-refractivity contribution >= 4 is 11.8 Å². The van der Waals surface area contributed by atoms with Crippen molar-refractivity contribution in [1.29, 1.82) is 0 Å². The summed E-state index contributed by atoms with van der Waals surface area (Å²) in [6.45, 7) is 1.81. The Morgan fingerprint density at radius 2 is 1.52 bits per heavy atom. The average molecular weight is 350 g/mol. The van der Waals surface area contributed by atoms with Crippen molar-refractivity contribution in [2.45, 2.75) is 6.92 Å². The summed E-state index contributed by atoms with van der Waals surface area (Å²) < 4.78 is 37.6. The number of carbonyl (C=O) groups excluding carboxylic acids is 2. The topological polar surface area (TPSA) is 76.7 Å². The smallest absolute Gasteiger partial charge is 0.276 e. The zero-order chi connectivity index (χ0) is 18.2. The molecule has 0 saturated carbocycles. The standard InChI is InChI=1S/C17H16F2N2O4/c1-2-24-13-8-3-4-9-14(13)25-10-15(22)20-21-17(23)16-11(18)6-5-7-12(16)19/h3-9H,2,10H2,1H3,(H,20,22)(H,21,23). The first kappa shape index (κ1) is 18.2. The van der Waals surface area contributed by atoms with Gasteiger partial charge in [0, 0.05) is 0 Å². The van der Waals surface area contributed by atoms with Gasteiger partial charge in [-0.25, -0.2) is 8.78 Å². The Bertz CT molecular complexity index is 748. The summed E-state index contributed by atoms with van der Waals surface area (Å²) >= 11 is 0. The van der Waals surface area contributed by atoms with Crippen molar-refractivity contribution in [3.63, 3.8) is 0 Å². The summed E-state index contributed by atoms with van der Waals surface area (Å²) in [4.78, 5) is 23.4. The highest BCUT2D eigenvalue weighted by atomic mass is 19.1. The zero-order valence-electron chi connectivity index (χ0n) is 13.3. The Kier molecular flexibility index (Phi) is 6.27. The van der Waals surface area contributed by atoms with E-state index in [0.717, 1.165) is 18.2 Å². The molecule has 0 atom stereocenters. The minimum atomic E-state index is -1.11. The van der Waals surface area contributed by atoms with Gasteiger partial charge in [0.05, 0.1) is 6.61 Å². The second kappa shape index (κ2) is 8.62. The lowest BCUT2D eigenvalue weighted by atomic mass is 10.2. The monoisotopic (exact) mass is 350 g/mol. The van der Waals surface area contributed by atoms with Crippen LogP contribution in [-0.4, -0.2) is 25.0 Å². The quantitative estimate of drug-likeness (QED) is 0.783. The van der Waals surface area contributed by atoms with Gasteiger partial charge in [0.1, 0.15) is 17.2 Å². The van der Waals surface area contributed by atoms with Crippen molar-refractivity contribution in [2.75, 3.05) is 13.2 Å². The van der Waals surface area contributed by atoms with Gasteiger partial charge >= 0.3 is 0 Å². The number of benzene rings is 2. The molecule has 0 aliphatic carbocycles. The molecule has 0 fully saturated rings. The molecule has 8 heteroatoms. The van der Waals surface area contributed by atoms with Crippen LogP contribution in [-0.2, 0) is 4.79 Å². The molecule has 25 heavy (non-hydrogen) atoms. The molecule has 132 valence electrons. The fraction of sp³-hybridized carbons (Fsp3) is 0.176. The lowest BCUT2D eigenvalue weighted by Gasteiger charge is -2.12. The van der Waals surface area contributed by atoms with Crippen molar-refractivity contribution in [3.05, 3.63) is 59.7 Å². The number of halogens is 2. The Morgan fingerprint density at radius 1 is 0.920 bits per heavy atom. The second-order valence-corrected chi connectivity index (χ2v) is 4.77. The SMILES string of the molecule is CCOc1ccccc1OCC(=O)NNC(=O)c1c(F)cccc1F. The number of hydrogen-bond donors (Lipinski definition) is 2. The van der Waals surface area contributed by atoms with Gasteiger partial charge in [-0.1, -0.05) is 18.2 Å². The second-order valence-electron chi connectivity index (χ2n) is 4.77. The van der Waals surface area contributed by atoms with Crippen molar-refractivity contribution < 1.29 is 27.8 Å². The van der Waals surface area contributed by atoms with Crippen LogP contribution >= 0.6 is 0 Å². The predicted octanol–water partition coefficient (Wildman–Crippen LogP) is 2.20.